The van der Waals surface area contributed by atoms with E-state index in [0.717, 1.165) is 0 Å². The second-order valence-corrected chi connectivity index (χ2v) is 4.21. The maximum Gasteiger partial charge on any atom is 0.216 e. The quantitative estimate of drug-likeness (QED) is 0.704. The fourth-order valence-electron chi connectivity index (χ4n) is 0.890. The van der Waals surface area contributed by atoms with Crippen molar-refractivity contribution in [2.75, 3.05) is 5.75 Å². The van der Waals surface area contributed by atoms with E-state index in [0.29, 0.717) is 5.56 Å². The highest BCUT2D eigenvalue weighted by Crippen LogP contribution is 2.00. The number of sulfonamides is 1. The van der Waals surface area contributed by atoms with Crippen LogP contribution in [0.2, 0.25) is 0 Å². The number of hydrogen-bond acceptors (Lipinski definition) is 3. The van der Waals surface area contributed by atoms with Crippen LogP contribution >= 0.6 is 0 Å². The van der Waals surface area contributed by atoms with Gasteiger partial charge in [0.2, 0.25) is 10.0 Å². The Bertz CT molecular complexity index is 397. The first kappa shape index (κ1) is 9.88. The summed E-state index contributed by atoms with van der Waals surface area (Å²) in [5.74, 6) is -1.13. The van der Waals surface area contributed by atoms with Crippen molar-refractivity contribution in [2.24, 2.45) is 5.14 Å². The van der Waals surface area contributed by atoms with Crippen LogP contribution in [0.15, 0.2) is 30.3 Å². The summed E-state index contributed by atoms with van der Waals surface area (Å²) in [5, 5.41) is 4.73. The lowest BCUT2D eigenvalue weighted by Crippen LogP contribution is -2.23. The van der Waals surface area contributed by atoms with E-state index >= 15 is 0 Å². The Morgan fingerprint density at radius 3 is 2.23 bits per heavy atom. The fourth-order valence-corrected chi connectivity index (χ4v) is 1.42. The van der Waals surface area contributed by atoms with Crippen molar-refractivity contribution in [3.63, 3.8) is 0 Å². The summed E-state index contributed by atoms with van der Waals surface area (Å²) in [4.78, 5) is 11.2. The number of rotatable bonds is 3. The third-order valence-corrected chi connectivity index (χ3v) is 2.09. The van der Waals surface area contributed by atoms with Crippen LogP contribution in [0.5, 0.6) is 0 Å². The van der Waals surface area contributed by atoms with Gasteiger partial charge < -0.3 is 0 Å². The van der Waals surface area contributed by atoms with Gasteiger partial charge in [-0.05, 0) is 0 Å². The molecule has 0 saturated heterocycles. The first-order valence-electron chi connectivity index (χ1n) is 3.58. The highest BCUT2D eigenvalue weighted by molar-refractivity contribution is 7.89. The average molecular weight is 199 g/mol. The van der Waals surface area contributed by atoms with Gasteiger partial charge in [0.15, 0.2) is 5.78 Å². The van der Waals surface area contributed by atoms with Crippen molar-refractivity contribution in [1.82, 2.24) is 0 Å². The fraction of sp³-hybridized carbons (Fsp3) is 0.125. The number of nitrogens with two attached hydrogens (primary N) is 1. The Morgan fingerprint density at radius 1 is 1.23 bits per heavy atom. The monoisotopic (exact) mass is 199 g/mol. The minimum absolute atomic E-state index is 0.358. The van der Waals surface area contributed by atoms with Crippen molar-refractivity contribution in [1.29, 1.82) is 0 Å². The molecule has 0 aliphatic rings. The first-order chi connectivity index (χ1) is 5.99. The lowest BCUT2D eigenvalue weighted by molar-refractivity contribution is 0.102. The van der Waals surface area contributed by atoms with Gasteiger partial charge in [-0.2, -0.15) is 0 Å². The minimum Gasteiger partial charge on any atom is -0.293 e. The van der Waals surface area contributed by atoms with Crippen LogP contribution in [0.25, 0.3) is 0 Å². The molecule has 2 N–H and O–H groups in total. The van der Waals surface area contributed by atoms with Crippen molar-refractivity contribution in [3.8, 4) is 0 Å². The SMILES string of the molecule is NS(=O)(=O)CC(=O)c1ccccc1. The standard InChI is InChI=1S/C8H9NO3S/c9-13(11,12)6-8(10)7-4-2-1-3-5-7/h1-5H,6H2,(H2,9,11,12). The van der Waals surface area contributed by atoms with Gasteiger partial charge in [-0.3, -0.25) is 4.79 Å². The van der Waals surface area contributed by atoms with Gasteiger partial charge >= 0.3 is 0 Å². The zero-order valence-corrected chi connectivity index (χ0v) is 7.62. The summed E-state index contributed by atoms with van der Waals surface area (Å²) < 4.78 is 21.1. The molecule has 0 saturated carbocycles. The molecule has 0 aliphatic carbocycles. The van der Waals surface area contributed by atoms with E-state index in [9.17, 15) is 13.2 Å². The summed E-state index contributed by atoms with van der Waals surface area (Å²) in [7, 11) is -3.72. The van der Waals surface area contributed by atoms with Crippen LogP contribution in [0, 0.1) is 0 Å². The Kier molecular flexibility index (Phi) is 2.79. The number of carbonyl (C=O) groups excluding carboxylic acids is 1. The predicted molar refractivity (Wildman–Crippen MR) is 48.7 cm³/mol. The van der Waals surface area contributed by atoms with Gasteiger partial charge in [0, 0.05) is 5.56 Å². The van der Waals surface area contributed by atoms with Crippen LogP contribution in [-0.2, 0) is 10.0 Å². The largest absolute Gasteiger partial charge is 0.293 e. The predicted octanol–water partition coefficient (Wildman–Crippen LogP) is 0.158. The molecule has 0 atom stereocenters. The molecule has 1 rings (SSSR count). The van der Waals surface area contributed by atoms with E-state index in [2.05, 4.69) is 0 Å². The molecule has 0 bridgehead atoms. The summed E-state index contributed by atoms with van der Waals surface area (Å²) in [6.07, 6.45) is 0. The van der Waals surface area contributed by atoms with Gasteiger partial charge in [0.25, 0.3) is 0 Å². The van der Waals surface area contributed by atoms with E-state index < -0.39 is 21.6 Å². The van der Waals surface area contributed by atoms with E-state index in [1.54, 1.807) is 30.3 Å². The molecule has 4 nitrogen and oxygen atoms in total. The first-order valence-corrected chi connectivity index (χ1v) is 5.29. The third-order valence-electron chi connectivity index (χ3n) is 1.43. The van der Waals surface area contributed by atoms with Crippen LogP contribution in [0.1, 0.15) is 10.4 Å². The molecule has 0 unspecified atom stereocenters. The minimum atomic E-state index is -3.72. The van der Waals surface area contributed by atoms with Crippen molar-refractivity contribution < 1.29 is 13.2 Å². The second kappa shape index (κ2) is 3.68. The van der Waals surface area contributed by atoms with E-state index in [1.807, 2.05) is 0 Å². The Morgan fingerprint density at radius 2 is 1.77 bits per heavy atom. The van der Waals surface area contributed by atoms with Gasteiger partial charge in [0.05, 0.1) is 0 Å². The molecule has 0 amide bonds. The van der Waals surface area contributed by atoms with Crippen LogP contribution in [-0.4, -0.2) is 20.0 Å². The van der Waals surface area contributed by atoms with Crippen LogP contribution in [0.3, 0.4) is 0 Å². The third kappa shape index (κ3) is 3.35. The molecule has 0 spiro atoms. The van der Waals surface area contributed by atoms with Gasteiger partial charge in [-0.15, -0.1) is 0 Å². The van der Waals surface area contributed by atoms with E-state index in [-0.39, 0.29) is 0 Å². The molecule has 13 heavy (non-hydrogen) atoms. The molecule has 0 fully saturated rings. The lowest BCUT2D eigenvalue weighted by atomic mass is 10.2. The van der Waals surface area contributed by atoms with Crippen molar-refractivity contribution in [2.45, 2.75) is 0 Å². The molecule has 0 aliphatic heterocycles. The zero-order valence-electron chi connectivity index (χ0n) is 6.80. The highest BCUT2D eigenvalue weighted by atomic mass is 32.2. The molecule has 1 aromatic rings. The molecule has 0 aromatic heterocycles. The summed E-state index contributed by atoms with van der Waals surface area (Å²) in [6.45, 7) is 0. The number of hydrogen-bond donors (Lipinski definition) is 1. The summed E-state index contributed by atoms with van der Waals surface area (Å²) in [6, 6.07) is 8.17. The van der Waals surface area contributed by atoms with Crippen LogP contribution < -0.4 is 5.14 Å². The van der Waals surface area contributed by atoms with Crippen molar-refractivity contribution >= 4 is 15.8 Å². The number of ketones is 1. The smallest absolute Gasteiger partial charge is 0.216 e. The molecule has 0 radical (unpaired) electrons. The molecular weight excluding hydrogens is 190 g/mol. The van der Waals surface area contributed by atoms with Gasteiger partial charge in [-0.1, -0.05) is 30.3 Å². The summed E-state index contributed by atoms with van der Waals surface area (Å²) in [5.41, 5.74) is 0.358. The second-order valence-electron chi connectivity index (χ2n) is 2.60. The Labute approximate surface area is 76.4 Å². The van der Waals surface area contributed by atoms with E-state index in [4.69, 9.17) is 5.14 Å². The average Bonchev–Trinajstić information content (AvgIpc) is 2.03. The van der Waals surface area contributed by atoms with Gasteiger partial charge in [0.1, 0.15) is 5.75 Å². The maximum atomic E-state index is 11.2. The zero-order chi connectivity index (χ0) is 9.90. The molecule has 1 aromatic carbocycles. The maximum absolute atomic E-state index is 11.2. The molecule has 5 heteroatoms. The molecule has 70 valence electrons. The van der Waals surface area contributed by atoms with Gasteiger partial charge in [-0.25, -0.2) is 13.6 Å². The lowest BCUT2D eigenvalue weighted by Gasteiger charge is -1.97. The topological polar surface area (TPSA) is 77.2 Å². The Hall–Kier alpha value is -1.20. The highest BCUT2D eigenvalue weighted by Gasteiger charge is 2.12. The number of benzene rings is 1. The van der Waals surface area contributed by atoms with Crippen molar-refractivity contribution in [3.05, 3.63) is 35.9 Å². The van der Waals surface area contributed by atoms with Crippen LogP contribution in [0.4, 0.5) is 0 Å². The summed E-state index contributed by atoms with van der Waals surface area (Å²) >= 11 is 0. The number of primary sulfonamides is 1. The number of Topliss-reactive ketones (excluding diaryl/α,β-unsaturated/α-hetero) is 1. The van der Waals surface area contributed by atoms with E-state index in [1.165, 1.54) is 0 Å². The Balaban J connectivity index is 2.82. The number of carbonyl (C=O) groups is 1. The normalized spacial score (nSPS) is 11.2. The molecular formula is C8H9NO3S. The molecule has 0 heterocycles.